The number of allylic oxidation sites excluding steroid dienone is 3. The van der Waals surface area contributed by atoms with Crippen LogP contribution in [0.25, 0.3) is 0 Å². The molecule has 4 heteroatoms. The Morgan fingerprint density at radius 3 is 2.47 bits per heavy atom. The van der Waals surface area contributed by atoms with E-state index in [-0.39, 0.29) is 11.9 Å². The first-order chi connectivity index (χ1) is 9.17. The predicted molar refractivity (Wildman–Crippen MR) is 73.6 cm³/mol. The van der Waals surface area contributed by atoms with E-state index < -0.39 is 0 Å². The highest BCUT2D eigenvalue weighted by atomic mass is 16.5. The third-order valence-electron chi connectivity index (χ3n) is 2.39. The van der Waals surface area contributed by atoms with Gasteiger partial charge >= 0.3 is 5.97 Å². The number of carbonyl (C=O) groups is 2. The van der Waals surface area contributed by atoms with Crippen molar-refractivity contribution in [2.24, 2.45) is 0 Å². The molecule has 0 spiro atoms. The number of methoxy groups -OCH3 is 1. The number of ether oxygens (including phenoxy) is 1. The van der Waals surface area contributed by atoms with E-state index in [9.17, 15) is 9.59 Å². The predicted octanol–water partition coefficient (Wildman–Crippen LogP) is 2.22. The van der Waals surface area contributed by atoms with E-state index in [1.165, 1.54) is 13.2 Å². The number of carbonyl (C=O) groups excluding carboxylic acids is 2. The summed E-state index contributed by atoms with van der Waals surface area (Å²) < 4.78 is 4.60. The molecule has 0 fully saturated rings. The quantitative estimate of drug-likeness (QED) is 0.501. The first-order valence-electron chi connectivity index (χ1n) is 5.92. The molecule has 0 aliphatic carbocycles. The third kappa shape index (κ3) is 5.21. The van der Waals surface area contributed by atoms with Gasteiger partial charge in [-0.15, -0.1) is 0 Å². The second-order valence-electron chi connectivity index (χ2n) is 3.79. The molecule has 1 amide bonds. The minimum atomic E-state index is -0.370. The summed E-state index contributed by atoms with van der Waals surface area (Å²) >= 11 is 0. The Hall–Kier alpha value is -2.36. The Bertz CT molecular complexity index is 487. The summed E-state index contributed by atoms with van der Waals surface area (Å²) in [5, 5.41) is 2.74. The van der Waals surface area contributed by atoms with E-state index in [2.05, 4.69) is 10.1 Å². The molecule has 0 aliphatic rings. The number of hydrogen-bond donors (Lipinski definition) is 1. The van der Waals surface area contributed by atoms with Gasteiger partial charge in [0.2, 0.25) is 5.91 Å². The van der Waals surface area contributed by atoms with Crippen molar-refractivity contribution in [3.05, 3.63) is 59.7 Å². The van der Waals surface area contributed by atoms with Crippen LogP contribution >= 0.6 is 0 Å². The molecule has 4 nitrogen and oxygen atoms in total. The van der Waals surface area contributed by atoms with Crippen LogP contribution in [0.5, 0.6) is 0 Å². The Morgan fingerprint density at radius 2 is 1.89 bits per heavy atom. The van der Waals surface area contributed by atoms with Crippen LogP contribution in [0.4, 0.5) is 0 Å². The lowest BCUT2D eigenvalue weighted by Crippen LogP contribution is -2.20. The van der Waals surface area contributed by atoms with Crippen LogP contribution in [0, 0.1) is 0 Å². The van der Waals surface area contributed by atoms with E-state index in [1.54, 1.807) is 36.4 Å². The van der Waals surface area contributed by atoms with E-state index in [1.807, 2.05) is 13.0 Å². The fourth-order valence-electron chi connectivity index (χ4n) is 1.38. The summed E-state index contributed by atoms with van der Waals surface area (Å²) in [6, 6.07) is 6.90. The molecular weight excluding hydrogens is 242 g/mol. The second-order valence-corrected chi connectivity index (χ2v) is 3.79. The van der Waals surface area contributed by atoms with Crippen molar-refractivity contribution in [3.8, 4) is 0 Å². The molecule has 0 bridgehead atoms. The molecule has 0 radical (unpaired) electrons. The fourth-order valence-corrected chi connectivity index (χ4v) is 1.38. The van der Waals surface area contributed by atoms with Crippen molar-refractivity contribution in [2.75, 3.05) is 7.11 Å². The first kappa shape index (κ1) is 14.7. The molecule has 19 heavy (non-hydrogen) atoms. The molecule has 100 valence electrons. The normalized spacial score (nSPS) is 10.8. The molecule has 1 aromatic carbocycles. The number of benzene rings is 1. The summed E-state index contributed by atoms with van der Waals surface area (Å²) in [4.78, 5) is 22.6. The van der Waals surface area contributed by atoms with Crippen molar-refractivity contribution in [3.63, 3.8) is 0 Å². The molecule has 0 atom stereocenters. The lowest BCUT2D eigenvalue weighted by molar-refractivity contribution is -0.116. The number of nitrogens with one attached hydrogen (secondary N) is 1. The van der Waals surface area contributed by atoms with E-state index in [4.69, 9.17) is 0 Å². The highest BCUT2D eigenvalue weighted by molar-refractivity contribution is 5.89. The van der Waals surface area contributed by atoms with Crippen LogP contribution in [-0.4, -0.2) is 19.0 Å². The van der Waals surface area contributed by atoms with Crippen LogP contribution in [0.2, 0.25) is 0 Å². The standard InChI is InChI=1S/C15H17NO3/c1-3-4-5-6-14(17)16-11-12-7-9-13(10-8-12)15(18)19-2/h3-10H,11H2,1-2H3,(H,16,17)/b4-3+,6-5+. The van der Waals surface area contributed by atoms with Crippen LogP contribution in [0.15, 0.2) is 48.6 Å². The van der Waals surface area contributed by atoms with Gasteiger partial charge in [0.1, 0.15) is 0 Å². The van der Waals surface area contributed by atoms with Gasteiger partial charge in [-0.2, -0.15) is 0 Å². The van der Waals surface area contributed by atoms with Gasteiger partial charge < -0.3 is 10.1 Å². The summed E-state index contributed by atoms with van der Waals surface area (Å²) in [7, 11) is 1.34. The molecule has 1 N–H and O–H groups in total. The molecule has 0 saturated carbocycles. The van der Waals surface area contributed by atoms with Gasteiger partial charge in [0.15, 0.2) is 0 Å². The van der Waals surface area contributed by atoms with Crippen molar-refractivity contribution in [2.45, 2.75) is 13.5 Å². The molecule has 0 heterocycles. The molecule has 0 aromatic heterocycles. The lowest BCUT2D eigenvalue weighted by Gasteiger charge is -2.04. The maximum atomic E-state index is 11.4. The number of hydrogen-bond acceptors (Lipinski definition) is 3. The van der Waals surface area contributed by atoms with Crippen LogP contribution in [0.1, 0.15) is 22.8 Å². The van der Waals surface area contributed by atoms with Crippen molar-refractivity contribution in [1.29, 1.82) is 0 Å². The zero-order valence-corrected chi connectivity index (χ0v) is 11.1. The molecule has 0 unspecified atom stereocenters. The summed E-state index contributed by atoms with van der Waals surface area (Å²) in [6.45, 7) is 2.30. The summed E-state index contributed by atoms with van der Waals surface area (Å²) in [5.74, 6) is -0.528. The van der Waals surface area contributed by atoms with Crippen molar-refractivity contribution in [1.82, 2.24) is 5.32 Å². The van der Waals surface area contributed by atoms with Gasteiger partial charge in [0, 0.05) is 12.6 Å². The zero-order valence-electron chi connectivity index (χ0n) is 11.1. The highest BCUT2D eigenvalue weighted by Crippen LogP contribution is 2.05. The van der Waals surface area contributed by atoms with Crippen molar-refractivity contribution < 1.29 is 14.3 Å². The molecule has 1 rings (SSSR count). The van der Waals surface area contributed by atoms with E-state index in [0.717, 1.165) is 5.56 Å². The maximum absolute atomic E-state index is 11.4. The summed E-state index contributed by atoms with van der Waals surface area (Å²) in [5.41, 5.74) is 1.41. The van der Waals surface area contributed by atoms with Gasteiger partial charge in [-0.1, -0.05) is 30.4 Å². The van der Waals surface area contributed by atoms with Crippen LogP contribution in [0.3, 0.4) is 0 Å². The first-order valence-corrected chi connectivity index (χ1v) is 5.92. The number of esters is 1. The number of rotatable bonds is 5. The maximum Gasteiger partial charge on any atom is 0.337 e. The minimum absolute atomic E-state index is 0.157. The minimum Gasteiger partial charge on any atom is -0.465 e. The van der Waals surface area contributed by atoms with Gasteiger partial charge in [-0.25, -0.2) is 4.79 Å². The van der Waals surface area contributed by atoms with Crippen molar-refractivity contribution >= 4 is 11.9 Å². The Balaban J connectivity index is 2.50. The third-order valence-corrected chi connectivity index (χ3v) is 2.39. The average molecular weight is 259 g/mol. The van der Waals surface area contributed by atoms with E-state index in [0.29, 0.717) is 12.1 Å². The Kier molecular flexibility index (Phi) is 6.09. The molecule has 1 aromatic rings. The molecular formula is C15H17NO3. The topological polar surface area (TPSA) is 55.4 Å². The van der Waals surface area contributed by atoms with E-state index >= 15 is 0 Å². The van der Waals surface area contributed by atoms with Crippen LogP contribution < -0.4 is 5.32 Å². The van der Waals surface area contributed by atoms with Gasteiger partial charge in [-0.3, -0.25) is 4.79 Å². The monoisotopic (exact) mass is 259 g/mol. The SMILES string of the molecule is C/C=C/C=C/C(=O)NCc1ccc(C(=O)OC)cc1. The Labute approximate surface area is 112 Å². The number of amides is 1. The molecule has 0 aliphatic heterocycles. The van der Waals surface area contributed by atoms with Gasteiger partial charge in [0.05, 0.1) is 12.7 Å². The fraction of sp³-hybridized carbons (Fsp3) is 0.200. The lowest BCUT2D eigenvalue weighted by atomic mass is 10.1. The zero-order chi connectivity index (χ0) is 14.1. The van der Waals surface area contributed by atoms with Gasteiger partial charge in [0.25, 0.3) is 0 Å². The van der Waals surface area contributed by atoms with Gasteiger partial charge in [-0.05, 0) is 24.6 Å². The average Bonchev–Trinajstić information content (AvgIpc) is 2.45. The largest absolute Gasteiger partial charge is 0.465 e. The Morgan fingerprint density at radius 1 is 1.21 bits per heavy atom. The smallest absolute Gasteiger partial charge is 0.337 e. The molecule has 0 saturated heterocycles. The second kappa shape index (κ2) is 7.87. The summed E-state index contributed by atoms with van der Waals surface area (Å²) in [6.07, 6.45) is 6.76. The van der Waals surface area contributed by atoms with Crippen LogP contribution in [-0.2, 0) is 16.1 Å². The highest BCUT2D eigenvalue weighted by Gasteiger charge is 2.04.